The van der Waals surface area contributed by atoms with Crippen LogP contribution in [0.2, 0.25) is 0 Å². The van der Waals surface area contributed by atoms with E-state index in [0.717, 1.165) is 44.4 Å². The highest BCUT2D eigenvalue weighted by molar-refractivity contribution is 7.81. The predicted octanol–water partition coefficient (Wildman–Crippen LogP) is 6.64. The molecule has 7 heterocycles. The Bertz CT molecular complexity index is 2770. The van der Waals surface area contributed by atoms with E-state index in [2.05, 4.69) is 66.9 Å². The molecule has 4 aliphatic heterocycles. The van der Waals surface area contributed by atoms with Gasteiger partial charge in [-0.3, -0.25) is 34.2 Å². The SMILES string of the molecule is C=CC(=O)N1CCOC2(CCN(C(=O)N(C)[C@H](C(=O)N[C@H](S)[C@H]3Cc4cncc(c4)-c4ccc5c(c4)c(c(-c4cccnc4[C@@](C)(S)OC)n5CC)CC(C)(C)COC(=O)[C@@H]4CCCN(N4)C3=O)C(C)C)CC2)C1. The van der Waals surface area contributed by atoms with Crippen molar-refractivity contribution >= 4 is 65.9 Å². The van der Waals surface area contributed by atoms with E-state index >= 15 is 0 Å². The fourth-order valence-corrected chi connectivity index (χ4v) is 11.7. The van der Waals surface area contributed by atoms with E-state index in [0.29, 0.717) is 83.7 Å². The lowest BCUT2D eigenvalue weighted by Crippen LogP contribution is -2.61. The van der Waals surface area contributed by atoms with Crippen LogP contribution in [0.4, 0.5) is 4.79 Å². The number of morpholine rings is 1. The van der Waals surface area contributed by atoms with Crippen LogP contribution < -0.4 is 10.7 Å². The van der Waals surface area contributed by atoms with Gasteiger partial charge in [-0.2, -0.15) is 12.6 Å². The Hall–Kier alpha value is -5.47. The maximum atomic E-state index is 14.9. The minimum Gasteiger partial charge on any atom is -0.464 e. The summed E-state index contributed by atoms with van der Waals surface area (Å²) in [6.07, 6.45) is 9.33. The number of rotatable bonds is 10. The van der Waals surface area contributed by atoms with Crippen LogP contribution in [0, 0.1) is 17.3 Å². The number of carbonyl (C=O) groups excluding carboxylic acids is 5. The molecule has 4 aromatic rings. The highest BCUT2D eigenvalue weighted by Crippen LogP contribution is 2.44. The molecule has 0 radical (unpaired) electrons. The van der Waals surface area contributed by atoms with Gasteiger partial charge >= 0.3 is 12.0 Å². The summed E-state index contributed by atoms with van der Waals surface area (Å²) >= 11 is 9.89. The number of piperidine rings is 1. The Morgan fingerprint density at radius 1 is 1.08 bits per heavy atom. The van der Waals surface area contributed by atoms with Gasteiger partial charge in [0.25, 0.3) is 0 Å². The lowest BCUT2D eigenvalue weighted by molar-refractivity contribution is -0.155. The summed E-state index contributed by atoms with van der Waals surface area (Å²) in [5, 5.41) is 4.49. The topological polar surface area (TPSA) is 181 Å². The van der Waals surface area contributed by atoms with E-state index in [-0.39, 0.29) is 36.8 Å². The third-order valence-corrected chi connectivity index (χ3v) is 16.1. The average Bonchev–Trinajstić information content (AvgIpc) is 3.69. The lowest BCUT2D eigenvalue weighted by Gasteiger charge is -2.47. The van der Waals surface area contributed by atoms with Crippen LogP contribution in [-0.2, 0) is 57.7 Å². The highest BCUT2D eigenvalue weighted by Gasteiger charge is 2.44. The number of likely N-dealkylation sites (tertiary alicyclic amines) is 1. The number of nitrogens with zero attached hydrogens (tertiary/aromatic N) is 7. The first-order valence-corrected chi connectivity index (χ1v) is 26.8. The second-order valence-corrected chi connectivity index (χ2v) is 23.0. The molecular formula is C55H73N9O8S2. The number of hydrazine groups is 1. The summed E-state index contributed by atoms with van der Waals surface area (Å²) < 4.78 is 20.6. The van der Waals surface area contributed by atoms with Crippen LogP contribution in [-0.4, -0.2) is 147 Å². The van der Waals surface area contributed by atoms with Crippen LogP contribution >= 0.6 is 25.3 Å². The molecule has 8 rings (SSSR count). The number of likely N-dealkylation sites (N-methyl/N-ethyl adjacent to an activating group) is 1. The van der Waals surface area contributed by atoms with Crippen molar-refractivity contribution in [1.29, 1.82) is 0 Å². The van der Waals surface area contributed by atoms with Gasteiger partial charge in [0, 0.05) is 92.9 Å². The quantitative estimate of drug-likeness (QED) is 0.0579. The van der Waals surface area contributed by atoms with Gasteiger partial charge in [-0.15, -0.1) is 12.6 Å². The number of methoxy groups -OCH3 is 1. The summed E-state index contributed by atoms with van der Waals surface area (Å²) in [5.41, 5.74) is 9.18. The monoisotopic (exact) mass is 1050 g/mol. The number of aryl methyl sites for hydroxylation is 1. The van der Waals surface area contributed by atoms with Crippen molar-refractivity contribution < 1.29 is 38.2 Å². The minimum atomic E-state index is -1.02. The van der Waals surface area contributed by atoms with Crippen molar-refractivity contribution in [2.24, 2.45) is 17.3 Å². The smallest absolute Gasteiger partial charge is 0.324 e. The number of pyridine rings is 2. The number of cyclic esters (lactones) is 1. The predicted molar refractivity (Wildman–Crippen MR) is 290 cm³/mol. The van der Waals surface area contributed by atoms with Gasteiger partial charge in [-0.1, -0.05) is 40.3 Å². The first-order chi connectivity index (χ1) is 35.2. The molecule has 19 heteroatoms. The Kier molecular flexibility index (Phi) is 16.6. The number of fused-ring (bicyclic) bond motifs is 6. The van der Waals surface area contributed by atoms with Gasteiger partial charge in [0.15, 0.2) is 4.93 Å². The summed E-state index contributed by atoms with van der Waals surface area (Å²) in [6, 6.07) is 10.4. The molecule has 5 amide bonds. The highest BCUT2D eigenvalue weighted by atomic mass is 32.1. The van der Waals surface area contributed by atoms with E-state index in [9.17, 15) is 24.0 Å². The Balaban J connectivity index is 1.11. The number of esters is 1. The summed E-state index contributed by atoms with van der Waals surface area (Å²) in [4.78, 5) is 83.6. The molecule has 0 saturated carbocycles. The van der Waals surface area contributed by atoms with Crippen molar-refractivity contribution in [3.63, 3.8) is 0 Å². The van der Waals surface area contributed by atoms with Gasteiger partial charge in [-0.05, 0) is 111 Å². The third kappa shape index (κ3) is 11.4. The zero-order valence-corrected chi connectivity index (χ0v) is 45.8. The largest absolute Gasteiger partial charge is 0.464 e. The lowest BCUT2D eigenvalue weighted by atomic mass is 9.84. The first-order valence-electron chi connectivity index (χ1n) is 25.8. The van der Waals surface area contributed by atoms with Crippen LogP contribution in [0.3, 0.4) is 0 Å². The van der Waals surface area contributed by atoms with Gasteiger partial charge in [-0.25, -0.2) is 10.2 Å². The van der Waals surface area contributed by atoms with E-state index in [4.69, 9.17) is 49.4 Å². The summed E-state index contributed by atoms with van der Waals surface area (Å²) in [7, 11) is 3.24. The van der Waals surface area contributed by atoms with Crippen molar-refractivity contribution in [1.82, 2.24) is 45.0 Å². The molecule has 0 unspecified atom stereocenters. The number of thiol groups is 2. The molecule has 4 aliphatic rings. The van der Waals surface area contributed by atoms with E-state index in [1.807, 2.05) is 39.1 Å². The zero-order chi connectivity index (χ0) is 53.3. The number of carbonyl (C=O) groups is 5. The molecule has 0 aliphatic carbocycles. The van der Waals surface area contributed by atoms with E-state index < -0.39 is 51.2 Å². The second kappa shape index (κ2) is 22.4. The number of aromatic nitrogens is 3. The standard InChI is InChI=1S/C55H73N9O8S2/c1-10-44(65)62-24-25-72-55(32-62)18-22-61(23-19-55)52(69)60(8)45(34(3)4)48(66)58-49(73)40-27-35-26-37(31-56-30-35)36-16-17-43-39(28-36)41(46(63(43)11-2)38-14-12-20-57-47(38)54(7,74)70-9)29-53(5,6)33-71-51(68)42-15-13-21-64(59-42)50(40)67/h10,12,14,16-17,20,26,28,30-31,34,40,42,45,49,59,73-74H,1,11,13,15,18-19,21-25,27,29,32-33H2,2-9H3,(H,58,66)/t40-,42+,45+,49-,54-/m1/s1. The van der Waals surface area contributed by atoms with Crippen molar-refractivity contribution in [2.75, 3.05) is 60.1 Å². The summed E-state index contributed by atoms with van der Waals surface area (Å²) in [6.45, 7) is 18.7. The Labute approximate surface area is 445 Å². The molecule has 3 saturated heterocycles. The molecule has 3 aromatic heterocycles. The van der Waals surface area contributed by atoms with Crippen LogP contribution in [0.25, 0.3) is 33.3 Å². The van der Waals surface area contributed by atoms with E-state index in [1.54, 1.807) is 36.4 Å². The number of benzene rings is 1. The number of nitrogens with one attached hydrogen (secondary N) is 2. The molecule has 6 bridgehead atoms. The van der Waals surface area contributed by atoms with Crippen molar-refractivity contribution in [3.8, 4) is 22.4 Å². The summed E-state index contributed by atoms with van der Waals surface area (Å²) in [5.74, 6) is -2.69. The minimum absolute atomic E-state index is 0.107. The number of ether oxygens (including phenoxy) is 3. The molecule has 1 spiro atoms. The third-order valence-electron chi connectivity index (χ3n) is 15.3. The number of urea groups is 1. The van der Waals surface area contributed by atoms with Gasteiger partial charge in [0.05, 0.1) is 48.0 Å². The molecular weight excluding hydrogens is 979 g/mol. The molecule has 74 heavy (non-hydrogen) atoms. The normalized spacial score (nSPS) is 21.9. The maximum absolute atomic E-state index is 14.9. The average molecular weight is 1050 g/mol. The Morgan fingerprint density at radius 2 is 1.84 bits per heavy atom. The van der Waals surface area contributed by atoms with Gasteiger partial charge in [0.2, 0.25) is 17.7 Å². The molecule has 5 atom stereocenters. The number of hydrogen-bond acceptors (Lipinski definition) is 13. The van der Waals surface area contributed by atoms with Crippen LogP contribution in [0.1, 0.15) is 84.0 Å². The first kappa shape index (κ1) is 54.8. The van der Waals surface area contributed by atoms with Gasteiger partial charge in [0.1, 0.15) is 12.1 Å². The van der Waals surface area contributed by atoms with Crippen molar-refractivity contribution in [3.05, 3.63) is 84.5 Å². The fourth-order valence-electron chi connectivity index (χ4n) is 11.2. The van der Waals surface area contributed by atoms with Crippen LogP contribution in [0.5, 0.6) is 0 Å². The zero-order valence-electron chi connectivity index (χ0n) is 44.1. The molecule has 2 N–H and O–H groups in total. The molecule has 17 nitrogen and oxygen atoms in total. The molecule has 3 fully saturated rings. The second-order valence-electron chi connectivity index (χ2n) is 21.6. The van der Waals surface area contributed by atoms with Crippen LogP contribution in [0.15, 0.2) is 67.6 Å². The molecule has 398 valence electrons. The fraction of sp³-hybridized carbons (Fsp3) is 0.545. The number of amides is 5. The molecule has 1 aromatic carbocycles. The number of hydrogen-bond donors (Lipinski definition) is 4. The van der Waals surface area contributed by atoms with Crippen molar-refractivity contribution in [2.45, 2.75) is 115 Å². The Morgan fingerprint density at radius 3 is 2.54 bits per heavy atom. The van der Waals surface area contributed by atoms with E-state index in [1.165, 1.54) is 16.0 Å². The maximum Gasteiger partial charge on any atom is 0.324 e. The van der Waals surface area contributed by atoms with Gasteiger partial charge < -0.3 is 38.8 Å².